The van der Waals surface area contributed by atoms with E-state index in [0.29, 0.717) is 23.2 Å². The van der Waals surface area contributed by atoms with E-state index in [-0.39, 0.29) is 18.2 Å². The van der Waals surface area contributed by atoms with Crippen molar-refractivity contribution in [2.75, 3.05) is 0 Å². The van der Waals surface area contributed by atoms with Crippen LogP contribution < -0.4 is 0 Å². The van der Waals surface area contributed by atoms with Crippen molar-refractivity contribution in [2.24, 2.45) is 0 Å². The molecule has 4 nitrogen and oxygen atoms in total. The number of halogens is 1. The Labute approximate surface area is 137 Å². The van der Waals surface area contributed by atoms with E-state index in [2.05, 4.69) is 0 Å². The second kappa shape index (κ2) is 6.91. The summed E-state index contributed by atoms with van der Waals surface area (Å²) in [5.41, 5.74) is 1.85. The standard InChI is InChI=1S/C19H13FO4/c20-16-7-1-13(2-8-16)12-23-19(22)15-5-3-14(4-6-15)18-10-9-17(11-21)24-18/h1-11H,12H2. The first-order valence-electron chi connectivity index (χ1n) is 7.23. The minimum absolute atomic E-state index is 0.0712. The van der Waals surface area contributed by atoms with Gasteiger partial charge in [-0.05, 0) is 42.0 Å². The third-order valence-corrected chi connectivity index (χ3v) is 3.43. The Balaban J connectivity index is 1.65. The monoisotopic (exact) mass is 324 g/mol. The maximum absolute atomic E-state index is 12.8. The highest BCUT2D eigenvalue weighted by atomic mass is 19.1. The van der Waals surface area contributed by atoms with Crippen LogP contribution in [-0.2, 0) is 11.3 Å². The number of esters is 1. The Morgan fingerprint density at radius 3 is 2.33 bits per heavy atom. The highest BCUT2D eigenvalue weighted by molar-refractivity contribution is 5.90. The smallest absolute Gasteiger partial charge is 0.338 e. The van der Waals surface area contributed by atoms with Crippen LogP contribution in [0.25, 0.3) is 11.3 Å². The van der Waals surface area contributed by atoms with E-state index in [1.165, 1.54) is 12.1 Å². The molecule has 120 valence electrons. The third kappa shape index (κ3) is 3.57. The molecule has 0 amide bonds. The molecule has 0 saturated heterocycles. The number of aldehydes is 1. The van der Waals surface area contributed by atoms with E-state index in [1.54, 1.807) is 48.5 Å². The minimum atomic E-state index is -0.473. The molecule has 24 heavy (non-hydrogen) atoms. The molecule has 0 N–H and O–H groups in total. The van der Waals surface area contributed by atoms with Crippen molar-refractivity contribution in [1.29, 1.82) is 0 Å². The number of hydrogen-bond acceptors (Lipinski definition) is 4. The molecule has 2 aromatic carbocycles. The van der Waals surface area contributed by atoms with Crippen LogP contribution in [0, 0.1) is 5.82 Å². The summed E-state index contributed by atoms with van der Waals surface area (Å²) in [6.07, 6.45) is 0.630. The van der Waals surface area contributed by atoms with E-state index in [4.69, 9.17) is 9.15 Å². The van der Waals surface area contributed by atoms with Crippen LogP contribution in [0.15, 0.2) is 65.1 Å². The first kappa shape index (κ1) is 15.7. The molecule has 3 aromatic rings. The van der Waals surface area contributed by atoms with Gasteiger partial charge in [-0.1, -0.05) is 24.3 Å². The van der Waals surface area contributed by atoms with Gasteiger partial charge in [-0.2, -0.15) is 0 Å². The van der Waals surface area contributed by atoms with Gasteiger partial charge in [-0.25, -0.2) is 9.18 Å². The molecule has 0 saturated carbocycles. The number of carbonyl (C=O) groups is 2. The maximum Gasteiger partial charge on any atom is 0.338 e. The molecule has 0 aliphatic rings. The van der Waals surface area contributed by atoms with Gasteiger partial charge < -0.3 is 9.15 Å². The average Bonchev–Trinajstić information content (AvgIpc) is 3.10. The fraction of sp³-hybridized carbons (Fsp3) is 0.0526. The van der Waals surface area contributed by atoms with Gasteiger partial charge in [0.2, 0.25) is 0 Å². The number of rotatable bonds is 5. The van der Waals surface area contributed by atoms with E-state index in [0.717, 1.165) is 5.56 Å². The van der Waals surface area contributed by atoms with Crippen molar-refractivity contribution in [2.45, 2.75) is 6.61 Å². The quantitative estimate of drug-likeness (QED) is 0.520. The normalized spacial score (nSPS) is 10.4. The summed E-state index contributed by atoms with van der Waals surface area (Å²) < 4.78 is 23.3. The van der Waals surface area contributed by atoms with Crippen LogP contribution in [-0.4, -0.2) is 12.3 Å². The lowest BCUT2D eigenvalue weighted by Crippen LogP contribution is -2.05. The zero-order valence-electron chi connectivity index (χ0n) is 12.6. The summed E-state index contributed by atoms with van der Waals surface area (Å²) >= 11 is 0. The van der Waals surface area contributed by atoms with Gasteiger partial charge in [0.1, 0.15) is 18.2 Å². The summed E-state index contributed by atoms with van der Waals surface area (Å²) in [4.78, 5) is 22.6. The van der Waals surface area contributed by atoms with Gasteiger partial charge in [-0.15, -0.1) is 0 Å². The number of carbonyl (C=O) groups excluding carboxylic acids is 2. The molecule has 5 heteroatoms. The third-order valence-electron chi connectivity index (χ3n) is 3.43. The zero-order chi connectivity index (χ0) is 16.9. The highest BCUT2D eigenvalue weighted by Gasteiger charge is 2.09. The van der Waals surface area contributed by atoms with E-state index in [1.807, 2.05) is 0 Å². The van der Waals surface area contributed by atoms with Crippen molar-refractivity contribution < 1.29 is 23.1 Å². The Bertz CT molecular complexity index is 848. The number of furan rings is 1. The number of benzene rings is 2. The molecule has 0 aliphatic carbocycles. The van der Waals surface area contributed by atoms with Gasteiger partial charge in [0, 0.05) is 5.56 Å². The second-order valence-electron chi connectivity index (χ2n) is 5.10. The summed E-state index contributed by atoms with van der Waals surface area (Å²) in [6.45, 7) is 0.0712. The van der Waals surface area contributed by atoms with E-state index >= 15 is 0 Å². The Morgan fingerprint density at radius 1 is 1.00 bits per heavy atom. The molecular formula is C19H13FO4. The molecule has 1 heterocycles. The Morgan fingerprint density at radius 2 is 1.71 bits per heavy atom. The Hall–Kier alpha value is -3.21. The molecule has 3 rings (SSSR count). The molecular weight excluding hydrogens is 311 g/mol. The lowest BCUT2D eigenvalue weighted by atomic mass is 10.1. The fourth-order valence-corrected chi connectivity index (χ4v) is 2.15. The minimum Gasteiger partial charge on any atom is -0.457 e. The van der Waals surface area contributed by atoms with Crippen molar-refractivity contribution in [3.05, 3.63) is 83.4 Å². The molecule has 1 aromatic heterocycles. The van der Waals surface area contributed by atoms with Gasteiger partial charge in [0.05, 0.1) is 5.56 Å². The summed E-state index contributed by atoms with van der Waals surface area (Å²) in [6, 6.07) is 15.7. The molecule has 0 radical (unpaired) electrons. The van der Waals surface area contributed by atoms with Gasteiger partial charge in [0.15, 0.2) is 12.0 Å². The fourth-order valence-electron chi connectivity index (χ4n) is 2.15. The van der Waals surface area contributed by atoms with Crippen molar-refractivity contribution in [3.8, 4) is 11.3 Å². The predicted octanol–water partition coefficient (Wildman–Crippen LogP) is 4.26. The predicted molar refractivity (Wildman–Crippen MR) is 85.1 cm³/mol. The zero-order valence-corrected chi connectivity index (χ0v) is 12.6. The molecule has 0 unspecified atom stereocenters. The SMILES string of the molecule is O=Cc1ccc(-c2ccc(C(=O)OCc3ccc(F)cc3)cc2)o1. The van der Waals surface area contributed by atoms with Crippen molar-refractivity contribution in [1.82, 2.24) is 0 Å². The first-order chi connectivity index (χ1) is 11.7. The molecule has 0 fully saturated rings. The Kier molecular flexibility index (Phi) is 4.52. The van der Waals surface area contributed by atoms with Crippen LogP contribution in [0.2, 0.25) is 0 Å². The van der Waals surface area contributed by atoms with Crippen molar-refractivity contribution in [3.63, 3.8) is 0 Å². The van der Waals surface area contributed by atoms with E-state index < -0.39 is 5.97 Å². The first-order valence-corrected chi connectivity index (χ1v) is 7.23. The highest BCUT2D eigenvalue weighted by Crippen LogP contribution is 2.22. The van der Waals surface area contributed by atoms with Crippen molar-refractivity contribution >= 4 is 12.3 Å². The van der Waals surface area contributed by atoms with Crippen LogP contribution >= 0.6 is 0 Å². The second-order valence-corrected chi connectivity index (χ2v) is 5.10. The summed E-state index contributed by atoms with van der Waals surface area (Å²) in [7, 11) is 0. The molecule has 0 bridgehead atoms. The average molecular weight is 324 g/mol. The number of ether oxygens (including phenoxy) is 1. The van der Waals surface area contributed by atoms with Gasteiger partial charge in [0.25, 0.3) is 0 Å². The topological polar surface area (TPSA) is 56.5 Å². The van der Waals surface area contributed by atoms with Crippen LogP contribution in [0.5, 0.6) is 0 Å². The lowest BCUT2D eigenvalue weighted by molar-refractivity contribution is 0.0472. The number of hydrogen-bond donors (Lipinski definition) is 0. The van der Waals surface area contributed by atoms with Crippen LogP contribution in [0.3, 0.4) is 0 Å². The summed E-state index contributed by atoms with van der Waals surface area (Å²) in [5.74, 6) is -0.0219. The molecule has 0 spiro atoms. The molecule has 0 aliphatic heterocycles. The largest absolute Gasteiger partial charge is 0.457 e. The van der Waals surface area contributed by atoms with E-state index in [9.17, 15) is 14.0 Å². The summed E-state index contributed by atoms with van der Waals surface area (Å²) in [5, 5.41) is 0. The van der Waals surface area contributed by atoms with Crippen LogP contribution in [0.4, 0.5) is 4.39 Å². The van der Waals surface area contributed by atoms with Crippen LogP contribution in [0.1, 0.15) is 26.5 Å². The lowest BCUT2D eigenvalue weighted by Gasteiger charge is -2.05. The van der Waals surface area contributed by atoms with Gasteiger partial charge >= 0.3 is 5.97 Å². The van der Waals surface area contributed by atoms with Gasteiger partial charge in [-0.3, -0.25) is 4.79 Å². The molecule has 0 atom stereocenters. The maximum atomic E-state index is 12.8.